The second kappa shape index (κ2) is 8.34. The second-order valence-electron chi connectivity index (χ2n) is 6.21. The van der Waals surface area contributed by atoms with Crippen LogP contribution in [0, 0.1) is 0 Å². The van der Waals surface area contributed by atoms with Crippen LogP contribution in [0.2, 0.25) is 0 Å². The maximum absolute atomic E-state index is 12.2. The molecule has 0 saturated heterocycles. The van der Waals surface area contributed by atoms with Gasteiger partial charge in [0.05, 0.1) is 11.1 Å². The highest BCUT2D eigenvalue weighted by atomic mass is 16.3. The van der Waals surface area contributed by atoms with E-state index in [1.165, 1.54) is 12.1 Å². The fourth-order valence-corrected chi connectivity index (χ4v) is 2.87. The van der Waals surface area contributed by atoms with Gasteiger partial charge >= 0.3 is 0 Å². The van der Waals surface area contributed by atoms with Gasteiger partial charge in [-0.15, -0.1) is 0 Å². The molecule has 0 bridgehead atoms. The van der Waals surface area contributed by atoms with Crippen LogP contribution < -0.4 is 10.6 Å². The Kier molecular flexibility index (Phi) is 5.69. The molecule has 3 rings (SSSR count). The lowest BCUT2D eigenvalue weighted by Gasteiger charge is -2.13. The molecule has 0 spiro atoms. The van der Waals surface area contributed by atoms with Gasteiger partial charge in [-0.1, -0.05) is 18.2 Å². The molecule has 0 aromatic heterocycles. The van der Waals surface area contributed by atoms with E-state index in [0.29, 0.717) is 16.7 Å². The average Bonchev–Trinajstić information content (AvgIpc) is 2.94. The van der Waals surface area contributed by atoms with E-state index in [9.17, 15) is 24.3 Å². The summed E-state index contributed by atoms with van der Waals surface area (Å²) in [6, 6.07) is 12.5. The monoisotopic (exact) mass is 381 g/mol. The fourth-order valence-electron chi connectivity index (χ4n) is 2.87. The van der Waals surface area contributed by atoms with E-state index >= 15 is 0 Å². The van der Waals surface area contributed by atoms with Gasteiger partial charge in [0.2, 0.25) is 5.91 Å². The number of phenolic OH excluding ortho intramolecular Hbond substituents is 1. The Morgan fingerprint density at radius 2 is 1.54 bits per heavy atom. The Morgan fingerprint density at radius 3 is 2.18 bits per heavy atom. The number of carbonyl (C=O) groups excluding carboxylic acids is 4. The zero-order valence-electron chi connectivity index (χ0n) is 15.0. The lowest BCUT2D eigenvalue weighted by atomic mass is 10.1. The van der Waals surface area contributed by atoms with E-state index in [2.05, 4.69) is 10.6 Å². The van der Waals surface area contributed by atoms with Crippen LogP contribution in [-0.4, -0.2) is 53.3 Å². The van der Waals surface area contributed by atoms with Crippen LogP contribution in [0.4, 0.5) is 0 Å². The molecule has 1 heterocycles. The zero-order valence-corrected chi connectivity index (χ0v) is 15.0. The number of nitrogens with zero attached hydrogens (tertiary/aromatic N) is 1. The van der Waals surface area contributed by atoms with Crippen LogP contribution in [0.3, 0.4) is 0 Å². The third kappa shape index (κ3) is 4.17. The van der Waals surface area contributed by atoms with Crippen molar-refractivity contribution in [2.24, 2.45) is 0 Å². The first-order valence-electron chi connectivity index (χ1n) is 8.76. The SMILES string of the molecule is O=C(CCN1C(=O)c2ccccc2C1=O)NCCNC(=O)c1cccc(O)c1. The van der Waals surface area contributed by atoms with Crippen molar-refractivity contribution in [1.82, 2.24) is 15.5 Å². The van der Waals surface area contributed by atoms with E-state index < -0.39 is 11.8 Å². The Morgan fingerprint density at radius 1 is 0.893 bits per heavy atom. The highest BCUT2D eigenvalue weighted by Crippen LogP contribution is 2.22. The van der Waals surface area contributed by atoms with Crippen LogP contribution >= 0.6 is 0 Å². The summed E-state index contributed by atoms with van der Waals surface area (Å²) in [5.41, 5.74) is 1.02. The lowest BCUT2D eigenvalue weighted by Crippen LogP contribution is -2.37. The number of hydrogen-bond acceptors (Lipinski definition) is 5. The third-order valence-electron chi connectivity index (χ3n) is 4.28. The van der Waals surface area contributed by atoms with Gasteiger partial charge in [0.1, 0.15) is 5.75 Å². The minimum Gasteiger partial charge on any atom is -0.508 e. The standard InChI is InChI=1S/C20H19N3O5/c24-14-5-3-4-13(12-14)18(26)22-10-9-21-17(25)8-11-23-19(27)15-6-1-2-7-16(15)20(23)28/h1-7,12,24H,8-11H2,(H,21,25)(H,22,26). The van der Waals surface area contributed by atoms with Gasteiger partial charge in [0.15, 0.2) is 0 Å². The van der Waals surface area contributed by atoms with Crippen LogP contribution in [0.25, 0.3) is 0 Å². The molecule has 1 aliphatic rings. The number of aromatic hydroxyl groups is 1. The number of imide groups is 1. The number of hydrogen-bond donors (Lipinski definition) is 3. The van der Waals surface area contributed by atoms with E-state index in [4.69, 9.17) is 0 Å². The predicted molar refractivity (Wildman–Crippen MR) is 99.9 cm³/mol. The van der Waals surface area contributed by atoms with Crippen molar-refractivity contribution in [2.45, 2.75) is 6.42 Å². The summed E-state index contributed by atoms with van der Waals surface area (Å²) in [5, 5.41) is 14.6. The third-order valence-corrected chi connectivity index (χ3v) is 4.28. The number of phenols is 1. The molecule has 3 N–H and O–H groups in total. The van der Waals surface area contributed by atoms with Crippen molar-refractivity contribution in [1.29, 1.82) is 0 Å². The lowest BCUT2D eigenvalue weighted by molar-refractivity contribution is -0.121. The largest absolute Gasteiger partial charge is 0.508 e. The van der Waals surface area contributed by atoms with Crippen molar-refractivity contribution >= 4 is 23.6 Å². The summed E-state index contributed by atoms with van der Waals surface area (Å²) in [4.78, 5) is 49.4. The van der Waals surface area contributed by atoms with E-state index in [0.717, 1.165) is 4.90 Å². The van der Waals surface area contributed by atoms with Gasteiger partial charge in [0.25, 0.3) is 17.7 Å². The minimum absolute atomic E-state index is 0.00545. The predicted octanol–water partition coefficient (Wildman–Crippen LogP) is 0.924. The second-order valence-corrected chi connectivity index (χ2v) is 6.21. The maximum atomic E-state index is 12.2. The highest BCUT2D eigenvalue weighted by molar-refractivity contribution is 6.21. The first-order valence-corrected chi connectivity index (χ1v) is 8.76. The van der Waals surface area contributed by atoms with Gasteiger partial charge in [-0.2, -0.15) is 0 Å². The quantitative estimate of drug-likeness (QED) is 0.487. The smallest absolute Gasteiger partial charge is 0.261 e. The Hall–Kier alpha value is -3.68. The Bertz CT molecular complexity index is 906. The van der Waals surface area contributed by atoms with E-state index in [1.807, 2.05) is 0 Å². The number of carbonyl (C=O) groups is 4. The Balaban J connectivity index is 1.39. The van der Waals surface area contributed by atoms with E-state index in [-0.39, 0.29) is 43.6 Å². The number of benzene rings is 2. The number of amides is 4. The zero-order chi connectivity index (χ0) is 20.1. The molecule has 0 atom stereocenters. The van der Waals surface area contributed by atoms with Crippen molar-refractivity contribution in [3.8, 4) is 5.75 Å². The van der Waals surface area contributed by atoms with Gasteiger partial charge in [-0.3, -0.25) is 24.1 Å². The van der Waals surface area contributed by atoms with Crippen LogP contribution in [-0.2, 0) is 4.79 Å². The average molecular weight is 381 g/mol. The summed E-state index contributed by atoms with van der Waals surface area (Å²) in [5.74, 6) is -1.49. The first kappa shape index (κ1) is 19.1. The molecule has 0 radical (unpaired) electrons. The molecule has 2 aromatic rings. The first-order chi connectivity index (χ1) is 13.5. The molecule has 0 aliphatic carbocycles. The minimum atomic E-state index is -0.397. The highest BCUT2D eigenvalue weighted by Gasteiger charge is 2.34. The van der Waals surface area contributed by atoms with Gasteiger partial charge in [-0.05, 0) is 30.3 Å². The van der Waals surface area contributed by atoms with Gasteiger partial charge in [0, 0.05) is 31.6 Å². The van der Waals surface area contributed by atoms with Crippen LogP contribution in [0.1, 0.15) is 37.5 Å². The molecule has 0 unspecified atom stereocenters. The molecule has 144 valence electrons. The molecule has 2 aromatic carbocycles. The normalized spacial score (nSPS) is 12.6. The molecule has 0 fully saturated rings. The maximum Gasteiger partial charge on any atom is 0.261 e. The van der Waals surface area contributed by atoms with E-state index in [1.54, 1.807) is 36.4 Å². The number of nitrogens with one attached hydrogen (secondary N) is 2. The van der Waals surface area contributed by atoms with Crippen LogP contribution in [0.5, 0.6) is 5.75 Å². The molecule has 8 heteroatoms. The summed E-state index contributed by atoms with van der Waals surface area (Å²) < 4.78 is 0. The molecular formula is C20H19N3O5. The molecule has 0 saturated carbocycles. The fraction of sp³-hybridized carbons (Fsp3) is 0.200. The summed E-state index contributed by atoms with van der Waals surface area (Å²) in [6.07, 6.45) is -0.0219. The number of fused-ring (bicyclic) bond motifs is 1. The Labute approximate surface area is 161 Å². The summed E-state index contributed by atoms with van der Waals surface area (Å²) in [7, 11) is 0. The van der Waals surface area contributed by atoms with Crippen molar-refractivity contribution < 1.29 is 24.3 Å². The molecular weight excluding hydrogens is 362 g/mol. The van der Waals surface area contributed by atoms with Gasteiger partial charge in [-0.25, -0.2) is 0 Å². The summed E-state index contributed by atoms with van der Waals surface area (Å²) >= 11 is 0. The molecule has 8 nitrogen and oxygen atoms in total. The van der Waals surface area contributed by atoms with Gasteiger partial charge < -0.3 is 15.7 Å². The topological polar surface area (TPSA) is 116 Å². The molecule has 28 heavy (non-hydrogen) atoms. The van der Waals surface area contributed by atoms with Crippen molar-refractivity contribution in [3.05, 3.63) is 65.2 Å². The summed E-state index contributed by atoms with van der Waals surface area (Å²) in [6.45, 7) is 0.395. The number of rotatable bonds is 7. The van der Waals surface area contributed by atoms with Crippen molar-refractivity contribution in [2.75, 3.05) is 19.6 Å². The molecule has 4 amide bonds. The van der Waals surface area contributed by atoms with Crippen molar-refractivity contribution in [3.63, 3.8) is 0 Å². The molecule has 1 aliphatic heterocycles. The van der Waals surface area contributed by atoms with Crippen LogP contribution in [0.15, 0.2) is 48.5 Å².